The fraction of sp³-hybridized carbons (Fsp3) is 0.500. The molecule has 0 bridgehead atoms. The van der Waals surface area contributed by atoms with E-state index in [0.29, 0.717) is 24.5 Å². The average molecular weight is 554 g/mol. The molecule has 40 heavy (non-hydrogen) atoms. The molecule has 2 N–H and O–H groups in total. The lowest BCUT2D eigenvalue weighted by atomic mass is 10.1. The van der Waals surface area contributed by atoms with Crippen molar-refractivity contribution in [2.45, 2.75) is 51.2 Å². The zero-order valence-corrected chi connectivity index (χ0v) is 22.6. The number of carbonyl (C=O) groups is 4. The zero-order valence-electron chi connectivity index (χ0n) is 22.6. The standard InChI is InChI=1S/C28H35N5O7/c1-2-39-28(38)33-14-12-32(13-15-33)27(37)22(10-11-24(34)35)31-26(36)23-18-20(17-21-9-6-16-40-21)29-25(30-23)19-7-4-3-5-8-19/h3-5,7-8,18,21-22H,2,6,9-17H2,1H3,(H,31,36)(H,34,35)/t21-,22?/m0/s1. The van der Waals surface area contributed by atoms with Gasteiger partial charge in [-0.25, -0.2) is 14.8 Å². The molecular formula is C28H35N5O7. The van der Waals surface area contributed by atoms with E-state index in [1.807, 2.05) is 30.3 Å². The summed E-state index contributed by atoms with van der Waals surface area (Å²) in [5.74, 6) is -1.70. The van der Waals surface area contributed by atoms with Crippen molar-refractivity contribution in [2.24, 2.45) is 0 Å². The van der Waals surface area contributed by atoms with Crippen molar-refractivity contribution in [3.05, 3.63) is 47.8 Å². The van der Waals surface area contributed by atoms with Crippen LogP contribution in [0.3, 0.4) is 0 Å². The van der Waals surface area contributed by atoms with Crippen molar-refractivity contribution in [1.29, 1.82) is 0 Å². The Morgan fingerprint density at radius 2 is 1.82 bits per heavy atom. The van der Waals surface area contributed by atoms with E-state index in [4.69, 9.17) is 9.47 Å². The fourth-order valence-electron chi connectivity index (χ4n) is 4.78. The highest BCUT2D eigenvalue weighted by molar-refractivity contribution is 5.96. The van der Waals surface area contributed by atoms with E-state index >= 15 is 0 Å². The number of carboxylic acid groups (broad SMARTS) is 1. The maximum Gasteiger partial charge on any atom is 0.409 e. The molecular weight excluding hydrogens is 518 g/mol. The minimum absolute atomic E-state index is 0.00704. The number of hydrogen-bond donors (Lipinski definition) is 2. The van der Waals surface area contributed by atoms with Gasteiger partial charge in [-0.3, -0.25) is 14.4 Å². The summed E-state index contributed by atoms with van der Waals surface area (Å²) in [6.07, 6.45) is 1.57. The molecule has 2 aliphatic rings. The summed E-state index contributed by atoms with van der Waals surface area (Å²) in [5.41, 5.74) is 1.47. The molecule has 0 aliphatic carbocycles. The average Bonchev–Trinajstić information content (AvgIpc) is 3.48. The van der Waals surface area contributed by atoms with E-state index < -0.39 is 29.9 Å². The number of carbonyl (C=O) groups excluding carboxylic acids is 3. The number of amides is 3. The normalized spacial score (nSPS) is 17.8. The van der Waals surface area contributed by atoms with E-state index in [2.05, 4.69) is 15.3 Å². The van der Waals surface area contributed by atoms with Gasteiger partial charge in [-0.05, 0) is 32.3 Å². The Morgan fingerprint density at radius 3 is 2.48 bits per heavy atom. The first-order valence-corrected chi connectivity index (χ1v) is 13.6. The Balaban J connectivity index is 1.52. The zero-order chi connectivity index (χ0) is 28.5. The van der Waals surface area contributed by atoms with Gasteiger partial charge in [0, 0.05) is 56.9 Å². The first-order chi connectivity index (χ1) is 19.3. The van der Waals surface area contributed by atoms with Gasteiger partial charge in [0.25, 0.3) is 5.91 Å². The Bertz CT molecular complexity index is 1190. The first kappa shape index (κ1) is 28.9. The number of rotatable bonds is 10. The largest absolute Gasteiger partial charge is 0.481 e. The molecule has 4 rings (SSSR count). The van der Waals surface area contributed by atoms with Gasteiger partial charge in [-0.1, -0.05) is 30.3 Å². The number of ether oxygens (including phenoxy) is 2. The van der Waals surface area contributed by atoms with Crippen molar-refractivity contribution in [3.8, 4) is 11.4 Å². The van der Waals surface area contributed by atoms with Crippen molar-refractivity contribution >= 4 is 23.9 Å². The van der Waals surface area contributed by atoms with Crippen LogP contribution in [0.2, 0.25) is 0 Å². The van der Waals surface area contributed by atoms with Crippen LogP contribution in [-0.4, -0.2) is 100 Å². The second-order valence-corrected chi connectivity index (χ2v) is 9.74. The van der Waals surface area contributed by atoms with Gasteiger partial charge in [-0.2, -0.15) is 0 Å². The molecule has 12 heteroatoms. The molecule has 2 fully saturated rings. The third-order valence-electron chi connectivity index (χ3n) is 6.87. The Morgan fingerprint density at radius 1 is 1.10 bits per heavy atom. The molecule has 0 radical (unpaired) electrons. The lowest BCUT2D eigenvalue weighted by Crippen LogP contribution is -2.56. The maximum atomic E-state index is 13.5. The number of hydrogen-bond acceptors (Lipinski definition) is 8. The lowest BCUT2D eigenvalue weighted by Gasteiger charge is -2.35. The molecule has 1 aromatic heterocycles. The van der Waals surface area contributed by atoms with E-state index in [1.165, 1.54) is 9.80 Å². The predicted molar refractivity (Wildman–Crippen MR) is 143 cm³/mol. The van der Waals surface area contributed by atoms with Gasteiger partial charge in [0.15, 0.2) is 5.82 Å². The van der Waals surface area contributed by atoms with Crippen LogP contribution in [0.25, 0.3) is 11.4 Å². The smallest absolute Gasteiger partial charge is 0.409 e. The van der Waals surface area contributed by atoms with E-state index in [1.54, 1.807) is 13.0 Å². The second-order valence-electron chi connectivity index (χ2n) is 9.74. The van der Waals surface area contributed by atoms with Crippen LogP contribution in [0.1, 0.15) is 48.8 Å². The molecule has 1 unspecified atom stereocenters. The third-order valence-corrected chi connectivity index (χ3v) is 6.87. The molecule has 2 aromatic rings. The van der Waals surface area contributed by atoms with Crippen LogP contribution in [0.4, 0.5) is 4.79 Å². The topological polar surface area (TPSA) is 151 Å². The van der Waals surface area contributed by atoms with Crippen molar-refractivity contribution in [3.63, 3.8) is 0 Å². The van der Waals surface area contributed by atoms with Crippen LogP contribution in [0, 0.1) is 0 Å². The quantitative estimate of drug-likeness (QED) is 0.451. The number of nitrogens with zero attached hydrogens (tertiary/aromatic N) is 4. The maximum absolute atomic E-state index is 13.5. The lowest BCUT2D eigenvalue weighted by molar-refractivity contribution is -0.138. The van der Waals surface area contributed by atoms with E-state index in [-0.39, 0.29) is 57.4 Å². The minimum atomic E-state index is -1.08. The summed E-state index contributed by atoms with van der Waals surface area (Å²) >= 11 is 0. The number of aliphatic carboxylic acids is 1. The molecule has 214 valence electrons. The SMILES string of the molecule is CCOC(=O)N1CCN(C(=O)C(CCC(=O)O)NC(=O)c2cc(C[C@@H]3CCCO3)nc(-c3ccccc3)n2)CC1. The molecule has 2 aliphatic heterocycles. The summed E-state index contributed by atoms with van der Waals surface area (Å²) in [6, 6.07) is 9.80. The highest BCUT2D eigenvalue weighted by Crippen LogP contribution is 2.20. The van der Waals surface area contributed by atoms with E-state index in [0.717, 1.165) is 18.4 Å². The Kier molecular flexibility index (Phi) is 10.0. The molecule has 3 amide bonds. The van der Waals surface area contributed by atoms with Crippen LogP contribution >= 0.6 is 0 Å². The number of carboxylic acids is 1. The minimum Gasteiger partial charge on any atom is -0.481 e. The molecule has 0 saturated carbocycles. The summed E-state index contributed by atoms with van der Waals surface area (Å²) in [4.78, 5) is 62.4. The summed E-state index contributed by atoms with van der Waals surface area (Å²) in [5, 5.41) is 12.0. The molecule has 2 atom stereocenters. The number of aromatic nitrogens is 2. The first-order valence-electron chi connectivity index (χ1n) is 13.6. The van der Waals surface area contributed by atoms with Crippen LogP contribution < -0.4 is 5.32 Å². The third kappa shape index (κ3) is 7.75. The van der Waals surface area contributed by atoms with Gasteiger partial charge < -0.3 is 29.7 Å². The predicted octanol–water partition coefficient (Wildman–Crippen LogP) is 2.13. The molecule has 0 spiro atoms. The van der Waals surface area contributed by atoms with Gasteiger partial charge >= 0.3 is 12.1 Å². The van der Waals surface area contributed by atoms with Crippen LogP contribution in [-0.2, 0) is 25.5 Å². The molecule has 1 aromatic carbocycles. The Hall–Kier alpha value is -4.06. The van der Waals surface area contributed by atoms with Crippen molar-refractivity contribution in [2.75, 3.05) is 39.4 Å². The van der Waals surface area contributed by atoms with E-state index in [9.17, 15) is 24.3 Å². The molecule has 12 nitrogen and oxygen atoms in total. The summed E-state index contributed by atoms with van der Waals surface area (Å²) < 4.78 is 10.8. The van der Waals surface area contributed by atoms with Gasteiger partial charge in [-0.15, -0.1) is 0 Å². The van der Waals surface area contributed by atoms with Gasteiger partial charge in [0.05, 0.1) is 12.7 Å². The molecule has 3 heterocycles. The van der Waals surface area contributed by atoms with Crippen molar-refractivity contribution in [1.82, 2.24) is 25.1 Å². The van der Waals surface area contributed by atoms with Gasteiger partial charge in [0.2, 0.25) is 5.91 Å². The van der Waals surface area contributed by atoms with Crippen LogP contribution in [0.15, 0.2) is 36.4 Å². The summed E-state index contributed by atoms with van der Waals surface area (Å²) in [7, 11) is 0. The second kappa shape index (κ2) is 13.8. The fourth-order valence-corrected chi connectivity index (χ4v) is 4.78. The number of nitrogens with one attached hydrogen (secondary N) is 1. The highest BCUT2D eigenvalue weighted by Gasteiger charge is 2.31. The van der Waals surface area contributed by atoms with Gasteiger partial charge in [0.1, 0.15) is 11.7 Å². The van der Waals surface area contributed by atoms with Crippen molar-refractivity contribution < 1.29 is 33.8 Å². The number of benzene rings is 1. The highest BCUT2D eigenvalue weighted by atomic mass is 16.6. The molecule has 2 saturated heterocycles. The Labute approximate surface area is 232 Å². The summed E-state index contributed by atoms with van der Waals surface area (Å²) in [6.45, 7) is 3.72. The van der Waals surface area contributed by atoms with Crippen LogP contribution in [0.5, 0.6) is 0 Å². The number of piperazine rings is 1. The monoisotopic (exact) mass is 553 g/mol.